The number of fused-ring (bicyclic) bond motifs is 1. The maximum Gasteiger partial charge on any atom is 0.316 e. The lowest BCUT2D eigenvalue weighted by molar-refractivity contribution is -0.115. The molecule has 2 aromatic carbocycles. The predicted molar refractivity (Wildman–Crippen MR) is 124 cm³/mol. The molecule has 4 rings (SSSR count). The molecule has 0 unspecified atom stereocenters. The topological polar surface area (TPSA) is 76.3 Å². The number of anilines is 2. The van der Waals surface area contributed by atoms with Gasteiger partial charge in [0.25, 0.3) is 0 Å². The zero-order valence-electron chi connectivity index (χ0n) is 17.7. The second kappa shape index (κ2) is 8.59. The number of hydrogen-bond donors (Lipinski definition) is 1. The summed E-state index contributed by atoms with van der Waals surface area (Å²) >= 11 is 6.21. The molecule has 0 spiro atoms. The van der Waals surface area contributed by atoms with Crippen molar-refractivity contribution in [3.8, 4) is 0 Å². The molecule has 1 aromatic heterocycles. The van der Waals surface area contributed by atoms with Gasteiger partial charge in [-0.15, -0.1) is 0 Å². The Morgan fingerprint density at radius 3 is 2.23 bits per heavy atom. The summed E-state index contributed by atoms with van der Waals surface area (Å²) in [5.41, 5.74) is 2.28. The minimum Gasteiger partial charge on any atom is -0.370 e. The molecule has 1 N–H and O–H groups in total. The molecule has 8 heteroatoms. The van der Waals surface area contributed by atoms with Crippen molar-refractivity contribution in [3.63, 3.8) is 0 Å². The summed E-state index contributed by atoms with van der Waals surface area (Å²) in [5.74, 6) is -0.194. The van der Waals surface area contributed by atoms with Crippen molar-refractivity contribution in [2.24, 2.45) is 14.1 Å². The molecule has 0 atom stereocenters. The minimum absolute atomic E-state index is 0.142. The van der Waals surface area contributed by atoms with Crippen LogP contribution in [0.5, 0.6) is 0 Å². The Morgan fingerprint density at radius 1 is 0.968 bits per heavy atom. The van der Waals surface area contributed by atoms with Crippen molar-refractivity contribution >= 4 is 39.9 Å². The molecule has 1 aliphatic heterocycles. The molecule has 2 heterocycles. The monoisotopic (exact) mass is 440 g/mol. The number of nitrogens with one attached hydrogen (secondary N) is 1. The first kappa shape index (κ1) is 21.2. The number of benzene rings is 2. The van der Waals surface area contributed by atoms with Crippen LogP contribution in [0.4, 0.5) is 11.4 Å². The van der Waals surface area contributed by atoms with E-state index in [0.29, 0.717) is 21.7 Å². The summed E-state index contributed by atoms with van der Waals surface area (Å²) in [4.78, 5) is 39.7. The second-order valence-corrected chi connectivity index (χ2v) is 8.36. The fourth-order valence-corrected chi connectivity index (χ4v) is 4.32. The minimum atomic E-state index is -0.603. The largest absolute Gasteiger partial charge is 0.370 e. The maximum atomic E-state index is 12.9. The van der Waals surface area contributed by atoms with Gasteiger partial charge in [0.05, 0.1) is 28.8 Å². The van der Waals surface area contributed by atoms with Gasteiger partial charge in [-0.2, -0.15) is 0 Å². The number of aromatic nitrogens is 2. The van der Waals surface area contributed by atoms with Crippen LogP contribution in [0.15, 0.2) is 46.0 Å². The van der Waals surface area contributed by atoms with Gasteiger partial charge in [0.15, 0.2) is 0 Å². The third kappa shape index (κ3) is 4.10. The van der Waals surface area contributed by atoms with Gasteiger partial charge in [-0.1, -0.05) is 29.8 Å². The van der Waals surface area contributed by atoms with Crippen LogP contribution in [0.1, 0.15) is 24.8 Å². The van der Waals surface area contributed by atoms with Crippen LogP contribution in [0.25, 0.3) is 11.0 Å². The SMILES string of the molecule is Cn1c(=O)c(=O)n(C)c2cc(N3CCCCC3)c(NC(=O)Cc3ccccc3Cl)cc21. The van der Waals surface area contributed by atoms with Crippen LogP contribution >= 0.6 is 11.6 Å². The van der Waals surface area contributed by atoms with E-state index in [-0.39, 0.29) is 12.3 Å². The fraction of sp³-hybridized carbons (Fsp3) is 0.348. The van der Waals surface area contributed by atoms with E-state index in [0.717, 1.165) is 37.2 Å². The fourth-order valence-electron chi connectivity index (χ4n) is 4.11. The van der Waals surface area contributed by atoms with Crippen LogP contribution < -0.4 is 21.3 Å². The summed E-state index contributed by atoms with van der Waals surface area (Å²) in [6.07, 6.45) is 3.45. The number of carbonyl (C=O) groups excluding carboxylic acids is 1. The molecule has 0 bridgehead atoms. The Bertz CT molecular complexity index is 1270. The van der Waals surface area contributed by atoms with Gasteiger partial charge in [0, 0.05) is 32.2 Å². The van der Waals surface area contributed by atoms with Crippen LogP contribution in [-0.4, -0.2) is 28.1 Å². The molecule has 31 heavy (non-hydrogen) atoms. The van der Waals surface area contributed by atoms with Gasteiger partial charge in [0.2, 0.25) is 5.91 Å². The van der Waals surface area contributed by atoms with Crippen molar-refractivity contribution in [2.45, 2.75) is 25.7 Å². The number of piperidine rings is 1. The van der Waals surface area contributed by atoms with Crippen LogP contribution in [0, 0.1) is 0 Å². The van der Waals surface area contributed by atoms with Crippen LogP contribution in [-0.2, 0) is 25.3 Å². The van der Waals surface area contributed by atoms with E-state index in [4.69, 9.17) is 11.6 Å². The molecule has 1 fully saturated rings. The second-order valence-electron chi connectivity index (χ2n) is 7.95. The third-order valence-electron chi connectivity index (χ3n) is 5.89. The van der Waals surface area contributed by atoms with Crippen molar-refractivity contribution in [2.75, 3.05) is 23.3 Å². The van der Waals surface area contributed by atoms with E-state index in [9.17, 15) is 14.4 Å². The number of nitrogens with zero attached hydrogens (tertiary/aromatic N) is 3. The molecule has 0 saturated carbocycles. The quantitative estimate of drug-likeness (QED) is 0.632. The lowest BCUT2D eigenvalue weighted by atomic mass is 10.1. The number of hydrogen-bond acceptors (Lipinski definition) is 4. The number of aryl methyl sites for hydroxylation is 2. The summed E-state index contributed by atoms with van der Waals surface area (Å²) in [6, 6.07) is 10.9. The van der Waals surface area contributed by atoms with Gasteiger partial charge in [-0.05, 0) is 43.0 Å². The average molecular weight is 441 g/mol. The molecule has 1 saturated heterocycles. The van der Waals surface area contributed by atoms with E-state index in [2.05, 4.69) is 10.2 Å². The zero-order chi connectivity index (χ0) is 22.1. The number of halogens is 1. The summed E-state index contributed by atoms with van der Waals surface area (Å²) in [6.45, 7) is 1.75. The van der Waals surface area contributed by atoms with Crippen molar-refractivity contribution in [1.82, 2.24) is 9.13 Å². The highest BCUT2D eigenvalue weighted by Gasteiger charge is 2.20. The number of amides is 1. The van der Waals surface area contributed by atoms with E-state index in [1.165, 1.54) is 15.6 Å². The smallest absolute Gasteiger partial charge is 0.316 e. The highest BCUT2D eigenvalue weighted by atomic mass is 35.5. The lowest BCUT2D eigenvalue weighted by Gasteiger charge is -2.31. The Hall–Kier alpha value is -3.06. The van der Waals surface area contributed by atoms with Gasteiger partial charge < -0.3 is 19.4 Å². The third-order valence-corrected chi connectivity index (χ3v) is 6.26. The Kier molecular flexibility index (Phi) is 5.87. The van der Waals surface area contributed by atoms with E-state index in [1.54, 1.807) is 26.2 Å². The molecule has 3 aromatic rings. The highest BCUT2D eigenvalue weighted by molar-refractivity contribution is 6.31. The standard InChI is InChI=1S/C23H25ClN4O3/c1-26-19-13-17(25-21(29)12-15-8-4-5-9-16(15)24)18(28-10-6-3-7-11-28)14-20(19)27(2)23(31)22(26)30/h4-5,8-9,13-14H,3,6-7,10-12H2,1-2H3,(H,25,29). The first-order valence-electron chi connectivity index (χ1n) is 10.4. The van der Waals surface area contributed by atoms with Gasteiger partial charge in [0.1, 0.15) is 0 Å². The highest BCUT2D eigenvalue weighted by Crippen LogP contribution is 2.32. The average Bonchev–Trinajstić information content (AvgIpc) is 2.78. The predicted octanol–water partition coefficient (Wildman–Crippen LogP) is 3.06. The molecule has 162 valence electrons. The van der Waals surface area contributed by atoms with E-state index < -0.39 is 11.1 Å². The van der Waals surface area contributed by atoms with E-state index >= 15 is 0 Å². The van der Waals surface area contributed by atoms with Crippen molar-refractivity contribution < 1.29 is 4.79 Å². The van der Waals surface area contributed by atoms with Gasteiger partial charge in [-0.3, -0.25) is 14.4 Å². The maximum absolute atomic E-state index is 12.9. The number of carbonyl (C=O) groups is 1. The van der Waals surface area contributed by atoms with Crippen LogP contribution in [0.3, 0.4) is 0 Å². The normalized spacial score (nSPS) is 14.1. The molecular formula is C23H25ClN4O3. The molecule has 0 radical (unpaired) electrons. The Labute approximate surface area is 184 Å². The zero-order valence-corrected chi connectivity index (χ0v) is 18.4. The molecular weight excluding hydrogens is 416 g/mol. The van der Waals surface area contributed by atoms with Crippen molar-refractivity contribution in [3.05, 3.63) is 67.7 Å². The first-order valence-corrected chi connectivity index (χ1v) is 10.8. The molecule has 1 amide bonds. The molecule has 1 aliphatic rings. The van der Waals surface area contributed by atoms with Crippen LogP contribution in [0.2, 0.25) is 5.02 Å². The number of rotatable bonds is 4. The van der Waals surface area contributed by atoms with Gasteiger partial charge >= 0.3 is 11.1 Å². The van der Waals surface area contributed by atoms with Crippen molar-refractivity contribution in [1.29, 1.82) is 0 Å². The summed E-state index contributed by atoms with van der Waals surface area (Å²) in [7, 11) is 3.17. The molecule has 7 nitrogen and oxygen atoms in total. The summed E-state index contributed by atoms with van der Waals surface area (Å²) in [5, 5.41) is 3.56. The Morgan fingerprint density at radius 2 is 1.58 bits per heavy atom. The molecule has 0 aliphatic carbocycles. The van der Waals surface area contributed by atoms with E-state index in [1.807, 2.05) is 24.3 Å². The summed E-state index contributed by atoms with van der Waals surface area (Å²) < 4.78 is 2.71. The lowest BCUT2D eigenvalue weighted by Crippen LogP contribution is -2.39. The Balaban J connectivity index is 1.79. The first-order chi connectivity index (χ1) is 14.9. The van der Waals surface area contributed by atoms with Gasteiger partial charge in [-0.25, -0.2) is 0 Å².